The van der Waals surface area contributed by atoms with E-state index in [1.807, 2.05) is 0 Å². The quantitative estimate of drug-likeness (QED) is 0.206. The minimum Gasteiger partial charge on any atom is -0.544 e. The van der Waals surface area contributed by atoms with Gasteiger partial charge in [-0.15, -0.1) is 0 Å². The number of aliphatic carboxylic acids is 2. The van der Waals surface area contributed by atoms with Crippen LogP contribution in [0.5, 0.6) is 0 Å². The van der Waals surface area contributed by atoms with Gasteiger partial charge >= 0.3 is 41.5 Å². The number of nitrogens with one attached hydrogen (secondary N) is 1. The Morgan fingerprint density at radius 3 is 2.62 bits per heavy atom. The van der Waals surface area contributed by atoms with E-state index >= 15 is 0 Å². The van der Waals surface area contributed by atoms with Gasteiger partial charge in [0.25, 0.3) is 11.6 Å². The number of hydrogen-bond acceptors (Lipinski definition) is 10. The molecule has 0 radical (unpaired) electrons. The molecule has 0 bridgehead atoms. The number of carboxylic acid groups (broad SMARTS) is 2. The van der Waals surface area contributed by atoms with Crippen molar-refractivity contribution in [3.05, 3.63) is 0 Å². The van der Waals surface area contributed by atoms with Gasteiger partial charge in [-0.2, -0.15) is 5.06 Å². The molecule has 2 aliphatic heterocycles. The van der Waals surface area contributed by atoms with E-state index in [9.17, 15) is 29.1 Å². The number of cyclic esters (lactones) is 1. The van der Waals surface area contributed by atoms with Crippen LogP contribution in [0, 0.1) is 0 Å². The number of nitrogens with two attached hydrogens (primary N) is 1. The molecule has 4 N–H and O–H groups in total. The average Bonchev–Trinajstić information content (AvgIpc) is 3.10. The van der Waals surface area contributed by atoms with E-state index in [-0.39, 0.29) is 49.0 Å². The number of esters is 1. The second-order valence-corrected chi connectivity index (χ2v) is 5.61. The molecule has 12 nitrogen and oxygen atoms in total. The zero-order valence-corrected chi connectivity index (χ0v) is 15.9. The van der Waals surface area contributed by atoms with Gasteiger partial charge in [0.05, 0.1) is 25.5 Å². The van der Waals surface area contributed by atoms with Gasteiger partial charge in [-0.05, 0) is 0 Å². The molecule has 2 fully saturated rings. The summed E-state index contributed by atoms with van der Waals surface area (Å²) in [5, 5.41) is 23.2. The minimum absolute atomic E-state index is 0. The summed E-state index contributed by atoms with van der Waals surface area (Å²) in [6.45, 7) is -0.368. The largest absolute Gasteiger partial charge is 1.00 e. The molecule has 0 aromatic rings. The average molecular weight is 381 g/mol. The maximum atomic E-state index is 12.4. The molecule has 138 valence electrons. The number of amides is 1. The van der Waals surface area contributed by atoms with Crippen LogP contribution in [0.4, 0.5) is 0 Å². The Balaban J connectivity index is 0.00000338. The van der Waals surface area contributed by atoms with E-state index in [0.717, 1.165) is 0 Å². The molecule has 0 aliphatic carbocycles. The molecule has 2 rings (SSSR count). The van der Waals surface area contributed by atoms with E-state index in [1.54, 1.807) is 0 Å². The molecule has 2 heterocycles. The van der Waals surface area contributed by atoms with Gasteiger partial charge in [0, 0.05) is 12.5 Å². The molecule has 0 saturated carbocycles. The smallest absolute Gasteiger partial charge is 0.544 e. The fraction of sp³-hybridized carbons (Fsp3) is 0.615. The Hall–Kier alpha value is -1.57. The van der Waals surface area contributed by atoms with Crippen molar-refractivity contribution < 1.29 is 73.3 Å². The predicted octanol–water partition coefficient (Wildman–Crippen LogP) is -7.12. The number of hydrogen-bond donors (Lipinski definition) is 3. The van der Waals surface area contributed by atoms with Gasteiger partial charge in [0.15, 0.2) is 0 Å². The maximum absolute atomic E-state index is 12.4. The molecule has 26 heavy (non-hydrogen) atoms. The first kappa shape index (κ1) is 22.5. The Morgan fingerprint density at radius 2 is 2.15 bits per heavy atom. The Kier molecular flexibility index (Phi) is 7.68. The second-order valence-electron chi connectivity index (χ2n) is 5.61. The first-order chi connectivity index (χ1) is 11.7. The minimum atomic E-state index is -2.38. The molecule has 0 aromatic heterocycles. The van der Waals surface area contributed by atoms with Crippen LogP contribution in [0.2, 0.25) is 0 Å². The van der Waals surface area contributed by atoms with Crippen molar-refractivity contribution in [1.82, 2.24) is 10.4 Å². The van der Waals surface area contributed by atoms with Crippen LogP contribution >= 0.6 is 0 Å². The van der Waals surface area contributed by atoms with Crippen molar-refractivity contribution in [1.29, 1.82) is 0 Å². The summed E-state index contributed by atoms with van der Waals surface area (Å²) < 4.78 is 4.73. The summed E-state index contributed by atoms with van der Waals surface area (Å²) in [7, 11) is 0. The number of nitrogens with zero attached hydrogens (tertiary/aromatic N) is 1. The molecular weight excluding hydrogens is 365 g/mol. The third kappa shape index (κ3) is 4.39. The summed E-state index contributed by atoms with van der Waals surface area (Å²) in [5.41, 5.74) is 3.13. The van der Waals surface area contributed by atoms with E-state index < -0.39 is 54.1 Å². The maximum Gasteiger partial charge on any atom is 1.00 e. The molecule has 1 amide bonds. The molecule has 0 aromatic carbocycles. The van der Waals surface area contributed by atoms with Crippen LogP contribution in [0.3, 0.4) is 0 Å². The number of ether oxygens (including phenoxy) is 1. The van der Waals surface area contributed by atoms with Gasteiger partial charge in [-0.3, -0.25) is 24.5 Å². The van der Waals surface area contributed by atoms with Crippen LogP contribution in [0.1, 0.15) is 19.3 Å². The van der Waals surface area contributed by atoms with Crippen molar-refractivity contribution in [2.24, 2.45) is 5.73 Å². The Bertz CT molecular complexity index is 616. The first-order valence-electron chi connectivity index (χ1n) is 7.30. The van der Waals surface area contributed by atoms with Crippen molar-refractivity contribution in [3.8, 4) is 0 Å². The predicted molar refractivity (Wildman–Crippen MR) is 72.9 cm³/mol. The molecule has 4 atom stereocenters. The number of hydroxylamine groups is 2. The second kappa shape index (κ2) is 8.88. The van der Waals surface area contributed by atoms with Crippen molar-refractivity contribution in [2.75, 3.05) is 6.61 Å². The van der Waals surface area contributed by atoms with Gasteiger partial charge in [0.2, 0.25) is 0 Å². The summed E-state index contributed by atoms with van der Waals surface area (Å²) >= 11 is 0. The number of aldehydes is 1. The van der Waals surface area contributed by atoms with Gasteiger partial charge in [0.1, 0.15) is 18.3 Å². The third-order valence-corrected chi connectivity index (χ3v) is 3.90. The number of carboxylic acids is 2. The van der Waals surface area contributed by atoms with Crippen LogP contribution < -0.4 is 45.7 Å². The molecule has 2 aliphatic rings. The van der Waals surface area contributed by atoms with Crippen molar-refractivity contribution in [2.45, 2.75) is 43.1 Å². The zero-order chi connectivity index (χ0) is 18.8. The molecule has 2 unspecified atom stereocenters. The fourth-order valence-corrected chi connectivity index (χ4v) is 2.61. The van der Waals surface area contributed by atoms with Gasteiger partial charge < -0.3 is 30.3 Å². The van der Waals surface area contributed by atoms with Gasteiger partial charge in [-0.1, -0.05) is 0 Å². The Labute approximate surface area is 169 Å². The monoisotopic (exact) mass is 381 g/mol. The van der Waals surface area contributed by atoms with E-state index in [2.05, 4.69) is 5.32 Å². The molecule has 13 heteroatoms. The summed E-state index contributed by atoms with van der Waals surface area (Å²) in [4.78, 5) is 61.8. The van der Waals surface area contributed by atoms with Crippen molar-refractivity contribution >= 4 is 30.1 Å². The van der Waals surface area contributed by atoms with E-state index in [0.29, 0.717) is 11.3 Å². The third-order valence-electron chi connectivity index (χ3n) is 3.90. The molecule has 2 saturated heterocycles. The first-order valence-corrected chi connectivity index (χ1v) is 7.30. The normalized spacial score (nSPS) is 27.4. The number of carbonyl (C=O) groups excluding carboxylic acids is 4. The van der Waals surface area contributed by atoms with Crippen LogP contribution in [0.25, 0.3) is 0 Å². The van der Waals surface area contributed by atoms with Crippen LogP contribution in [-0.2, 0) is 33.5 Å². The summed E-state index contributed by atoms with van der Waals surface area (Å²) in [6.07, 6.45) is -0.819. The van der Waals surface area contributed by atoms with Crippen LogP contribution in [-0.4, -0.2) is 70.7 Å². The van der Waals surface area contributed by atoms with Crippen molar-refractivity contribution in [3.63, 3.8) is 0 Å². The summed E-state index contributed by atoms with van der Waals surface area (Å²) in [6, 6.07) is -3.47. The molecule has 0 spiro atoms. The molecular formula is C13H16N3NaO9. The van der Waals surface area contributed by atoms with Gasteiger partial charge in [-0.25, -0.2) is 0 Å². The standard InChI is InChI=1S/C13H17N3O9.Na/c14-6(4-17)7(3-9(18)19)15-8-5-24-16(11(8)21)13(12(22)23)2-1-10(20)25-13;/h4,6-8,15H,1-3,5,14H2,(H,18,19)(H,22,23);/q;+1/p-1/t6-,7?,8-,13?;/m0./s1. The zero-order valence-electron chi connectivity index (χ0n) is 13.9. The fourth-order valence-electron chi connectivity index (χ4n) is 2.61. The summed E-state index contributed by atoms with van der Waals surface area (Å²) in [5.74, 6) is -4.82. The van der Waals surface area contributed by atoms with E-state index in [1.165, 1.54) is 0 Å². The van der Waals surface area contributed by atoms with Crippen LogP contribution in [0.15, 0.2) is 0 Å². The van der Waals surface area contributed by atoms with E-state index in [4.69, 9.17) is 20.4 Å². The topological polar surface area (TPSA) is 188 Å². The SMILES string of the molecule is N[C@@H](C=O)C(CC(=O)O)N[C@H]1CON(C2(C(=O)[O-])CCC(=O)O2)C1=O.[Na+]. The number of carbonyl (C=O) groups is 5. The number of rotatable bonds is 8. The Morgan fingerprint density at radius 1 is 1.50 bits per heavy atom.